The summed E-state index contributed by atoms with van der Waals surface area (Å²) in [6, 6.07) is 24.9. The van der Waals surface area contributed by atoms with Crippen molar-refractivity contribution in [3.8, 4) is 0 Å². The Morgan fingerprint density at radius 1 is 0.462 bits per heavy atom. The lowest BCUT2D eigenvalue weighted by Gasteiger charge is -2.21. The molecule has 0 atom stereocenters. The van der Waals surface area contributed by atoms with Crippen LogP contribution in [0.5, 0.6) is 0 Å². The van der Waals surface area contributed by atoms with Crippen LogP contribution in [-0.4, -0.2) is 0 Å². The van der Waals surface area contributed by atoms with E-state index >= 15 is 0 Å². The minimum absolute atomic E-state index is 0.539. The maximum absolute atomic E-state index is 6.34. The molecule has 1 heteroatoms. The van der Waals surface area contributed by atoms with E-state index in [0.29, 0.717) is 5.88 Å². The van der Waals surface area contributed by atoms with Crippen molar-refractivity contribution in [1.82, 2.24) is 0 Å². The van der Waals surface area contributed by atoms with Crippen LogP contribution in [0, 0.1) is 0 Å². The van der Waals surface area contributed by atoms with Gasteiger partial charge in [-0.05, 0) is 76.3 Å². The smallest absolute Gasteiger partial charge is 0.0480 e. The van der Waals surface area contributed by atoms with Crippen molar-refractivity contribution in [3.05, 3.63) is 72.3 Å². The standard InChI is InChI=1S/C25H13Cl/c26-12-18-11-17-8-7-15-4-2-13-1-3-14-5-6-16-9-10-19(18)25-23(16)21(14)20(13)22(15)24(17)25/h1-11H,12H2. The quantitative estimate of drug-likeness (QED) is 0.162. The van der Waals surface area contributed by atoms with Gasteiger partial charge in [0.15, 0.2) is 0 Å². The van der Waals surface area contributed by atoms with E-state index in [4.69, 9.17) is 11.6 Å². The van der Waals surface area contributed by atoms with Gasteiger partial charge in [0.2, 0.25) is 0 Å². The first-order valence-corrected chi connectivity index (χ1v) is 9.54. The van der Waals surface area contributed by atoms with Gasteiger partial charge in [0.25, 0.3) is 0 Å². The van der Waals surface area contributed by atoms with Crippen LogP contribution in [0.4, 0.5) is 0 Å². The summed E-state index contributed by atoms with van der Waals surface area (Å²) in [5.74, 6) is 0.539. The molecule has 7 aromatic rings. The van der Waals surface area contributed by atoms with E-state index in [1.54, 1.807) is 0 Å². The van der Waals surface area contributed by atoms with Gasteiger partial charge in [-0.1, -0.05) is 60.7 Å². The van der Waals surface area contributed by atoms with Crippen molar-refractivity contribution in [2.75, 3.05) is 0 Å². The summed E-state index contributed by atoms with van der Waals surface area (Å²) in [5, 5.41) is 16.3. The Morgan fingerprint density at radius 2 is 0.846 bits per heavy atom. The van der Waals surface area contributed by atoms with Crippen LogP contribution in [0.1, 0.15) is 5.56 Å². The molecule has 0 aliphatic carbocycles. The maximum atomic E-state index is 6.34. The van der Waals surface area contributed by atoms with Crippen LogP contribution in [0.2, 0.25) is 0 Å². The minimum atomic E-state index is 0.539. The van der Waals surface area contributed by atoms with Crippen molar-refractivity contribution in [2.24, 2.45) is 0 Å². The third kappa shape index (κ3) is 1.34. The molecule has 7 aromatic carbocycles. The first-order chi connectivity index (χ1) is 12.8. The normalized spacial score (nSPS) is 13.0. The van der Waals surface area contributed by atoms with Crippen molar-refractivity contribution < 1.29 is 0 Å². The number of hydrogen-bond donors (Lipinski definition) is 0. The number of halogens is 1. The molecule has 0 bridgehead atoms. The Kier molecular flexibility index (Phi) is 2.20. The zero-order chi connectivity index (χ0) is 17.0. The van der Waals surface area contributed by atoms with E-state index in [1.807, 2.05) is 0 Å². The van der Waals surface area contributed by atoms with Gasteiger partial charge in [-0.2, -0.15) is 0 Å². The number of rotatable bonds is 1. The fraction of sp³-hybridized carbons (Fsp3) is 0.0400. The van der Waals surface area contributed by atoms with Gasteiger partial charge >= 0.3 is 0 Å². The van der Waals surface area contributed by atoms with Crippen LogP contribution in [0.15, 0.2) is 66.7 Å². The second-order valence-corrected chi connectivity index (χ2v) is 7.68. The van der Waals surface area contributed by atoms with Crippen molar-refractivity contribution in [1.29, 1.82) is 0 Å². The SMILES string of the molecule is ClCc1cc2ccc3ccc4ccc5ccc6ccc1c1c6c5c4c3c21. The Morgan fingerprint density at radius 3 is 1.35 bits per heavy atom. The molecular formula is C25H13Cl. The highest BCUT2D eigenvalue weighted by molar-refractivity contribution is 6.44. The molecule has 7 rings (SSSR count). The van der Waals surface area contributed by atoms with Gasteiger partial charge in [-0.25, -0.2) is 0 Å². The van der Waals surface area contributed by atoms with E-state index in [-0.39, 0.29) is 0 Å². The van der Waals surface area contributed by atoms with Crippen molar-refractivity contribution in [3.63, 3.8) is 0 Å². The molecule has 0 fully saturated rings. The van der Waals surface area contributed by atoms with Gasteiger partial charge in [0.05, 0.1) is 0 Å². The van der Waals surface area contributed by atoms with E-state index < -0.39 is 0 Å². The third-order valence-electron chi connectivity index (χ3n) is 6.23. The monoisotopic (exact) mass is 348 g/mol. The topological polar surface area (TPSA) is 0 Å². The van der Waals surface area contributed by atoms with Gasteiger partial charge in [-0.15, -0.1) is 11.6 Å². The van der Waals surface area contributed by atoms with E-state index in [2.05, 4.69) is 66.7 Å². The first-order valence-electron chi connectivity index (χ1n) is 9.00. The molecule has 26 heavy (non-hydrogen) atoms. The predicted molar refractivity (Wildman–Crippen MR) is 115 cm³/mol. The number of alkyl halides is 1. The maximum Gasteiger partial charge on any atom is 0.0480 e. The lowest BCUT2D eigenvalue weighted by molar-refractivity contribution is 1.47. The molecule has 0 radical (unpaired) electrons. The Labute approximate surface area is 154 Å². The van der Waals surface area contributed by atoms with Crippen LogP contribution in [0.25, 0.3) is 64.6 Å². The molecule has 0 saturated heterocycles. The molecule has 0 amide bonds. The summed E-state index contributed by atoms with van der Waals surface area (Å²) in [6.45, 7) is 0. The van der Waals surface area contributed by atoms with Crippen LogP contribution in [-0.2, 0) is 5.88 Å². The van der Waals surface area contributed by atoms with Crippen molar-refractivity contribution >= 4 is 76.2 Å². The van der Waals surface area contributed by atoms with Crippen molar-refractivity contribution in [2.45, 2.75) is 5.88 Å². The largest absolute Gasteiger partial charge is 0.122 e. The summed E-state index contributed by atoms with van der Waals surface area (Å²) < 4.78 is 0. The van der Waals surface area contributed by atoms with E-state index in [0.717, 1.165) is 0 Å². The second kappa shape index (κ2) is 4.28. The number of hydrogen-bond acceptors (Lipinski definition) is 0. The highest BCUT2D eigenvalue weighted by atomic mass is 35.5. The average molecular weight is 349 g/mol. The van der Waals surface area contributed by atoms with E-state index in [1.165, 1.54) is 70.2 Å². The highest BCUT2D eigenvalue weighted by Gasteiger charge is 2.20. The fourth-order valence-electron chi connectivity index (χ4n) is 5.17. The van der Waals surface area contributed by atoms with Crippen LogP contribution < -0.4 is 0 Å². The predicted octanol–water partition coefficient (Wildman–Crippen LogP) is 7.66. The fourth-order valence-corrected chi connectivity index (χ4v) is 5.39. The molecule has 0 unspecified atom stereocenters. The molecule has 0 aliphatic rings. The zero-order valence-corrected chi connectivity index (χ0v) is 14.7. The first kappa shape index (κ1) is 13.4. The third-order valence-corrected chi connectivity index (χ3v) is 6.52. The summed E-state index contributed by atoms with van der Waals surface area (Å²) >= 11 is 6.34. The summed E-state index contributed by atoms with van der Waals surface area (Å²) in [5.41, 5.74) is 1.22. The molecule has 120 valence electrons. The minimum Gasteiger partial charge on any atom is -0.122 e. The van der Waals surface area contributed by atoms with Gasteiger partial charge in [-0.3, -0.25) is 0 Å². The Balaban J connectivity index is 2.05. The Bertz CT molecular complexity index is 1550. The van der Waals surface area contributed by atoms with Crippen LogP contribution in [0.3, 0.4) is 0 Å². The molecule has 0 heterocycles. The second-order valence-electron chi connectivity index (χ2n) is 7.41. The summed E-state index contributed by atoms with van der Waals surface area (Å²) in [4.78, 5) is 0. The van der Waals surface area contributed by atoms with E-state index in [9.17, 15) is 0 Å². The molecule has 0 aliphatic heterocycles. The summed E-state index contributed by atoms with van der Waals surface area (Å²) in [6.07, 6.45) is 0. The molecular weight excluding hydrogens is 336 g/mol. The Hall–Kier alpha value is -2.83. The highest BCUT2D eigenvalue weighted by Crippen LogP contribution is 2.48. The average Bonchev–Trinajstić information content (AvgIpc) is 2.71. The molecule has 0 N–H and O–H groups in total. The molecule has 0 nitrogen and oxygen atoms in total. The van der Waals surface area contributed by atoms with Gasteiger partial charge in [0.1, 0.15) is 0 Å². The summed E-state index contributed by atoms with van der Waals surface area (Å²) in [7, 11) is 0. The molecule has 0 spiro atoms. The van der Waals surface area contributed by atoms with Gasteiger partial charge < -0.3 is 0 Å². The zero-order valence-electron chi connectivity index (χ0n) is 13.9. The lowest BCUT2D eigenvalue weighted by Crippen LogP contribution is -1.94. The lowest BCUT2D eigenvalue weighted by atomic mass is 9.82. The van der Waals surface area contributed by atoms with Gasteiger partial charge in [0, 0.05) is 5.88 Å². The molecule has 0 aromatic heterocycles. The number of benzene rings is 7. The van der Waals surface area contributed by atoms with Crippen LogP contribution >= 0.6 is 11.6 Å². The molecule has 0 saturated carbocycles.